The number of hydrogen-bond acceptors (Lipinski definition) is 4. The summed E-state index contributed by atoms with van der Waals surface area (Å²) >= 11 is 5.31. The van der Waals surface area contributed by atoms with E-state index in [1.54, 1.807) is 0 Å². The van der Waals surface area contributed by atoms with Crippen molar-refractivity contribution >= 4 is 23.0 Å². The van der Waals surface area contributed by atoms with Crippen LogP contribution in [0.5, 0.6) is 11.5 Å². The molecule has 1 rings (SSSR count). The maximum absolute atomic E-state index is 5.78. The predicted molar refractivity (Wildman–Crippen MR) is 101 cm³/mol. The lowest BCUT2D eigenvalue weighted by Gasteiger charge is -2.16. The van der Waals surface area contributed by atoms with Crippen molar-refractivity contribution < 1.29 is 9.47 Å². The summed E-state index contributed by atoms with van der Waals surface area (Å²) in [4.78, 5) is 2.10. The molecule has 0 amide bonds. The molecular formula is C17H29N3O2S. The van der Waals surface area contributed by atoms with Gasteiger partial charge in [-0.05, 0) is 51.3 Å². The third-order valence-corrected chi connectivity index (χ3v) is 3.22. The van der Waals surface area contributed by atoms with Gasteiger partial charge in [-0.1, -0.05) is 13.8 Å². The van der Waals surface area contributed by atoms with Crippen molar-refractivity contribution in [3.05, 3.63) is 18.2 Å². The maximum atomic E-state index is 5.78. The average Bonchev–Trinajstić information content (AvgIpc) is 2.51. The van der Waals surface area contributed by atoms with Gasteiger partial charge in [0.15, 0.2) is 16.6 Å². The van der Waals surface area contributed by atoms with Crippen molar-refractivity contribution in [2.45, 2.75) is 26.7 Å². The molecule has 0 fully saturated rings. The van der Waals surface area contributed by atoms with Crippen LogP contribution < -0.4 is 20.1 Å². The Hall–Kier alpha value is -1.53. The van der Waals surface area contributed by atoms with Gasteiger partial charge < -0.3 is 25.0 Å². The minimum Gasteiger partial charge on any atom is -0.490 e. The van der Waals surface area contributed by atoms with E-state index in [0.717, 1.165) is 43.1 Å². The lowest BCUT2D eigenvalue weighted by molar-refractivity contribution is 0.268. The van der Waals surface area contributed by atoms with Crippen molar-refractivity contribution in [1.29, 1.82) is 0 Å². The fourth-order valence-corrected chi connectivity index (χ4v) is 2.03. The van der Waals surface area contributed by atoms with Crippen molar-refractivity contribution in [1.82, 2.24) is 10.2 Å². The van der Waals surface area contributed by atoms with Crippen LogP contribution in [0.3, 0.4) is 0 Å². The van der Waals surface area contributed by atoms with E-state index in [1.165, 1.54) is 0 Å². The minimum atomic E-state index is 0.607. The standard InChI is InChI=1S/C17H29N3O2S/c1-5-11-21-15-8-7-14(13-16(15)22-12-6-2)19-17(23)18-9-10-20(3)4/h7-8,13H,5-6,9-12H2,1-4H3,(H2,18,19,23). The maximum Gasteiger partial charge on any atom is 0.170 e. The lowest BCUT2D eigenvalue weighted by atomic mass is 10.2. The molecular weight excluding hydrogens is 310 g/mol. The van der Waals surface area contributed by atoms with E-state index >= 15 is 0 Å². The summed E-state index contributed by atoms with van der Waals surface area (Å²) in [5, 5.41) is 6.97. The van der Waals surface area contributed by atoms with E-state index in [2.05, 4.69) is 29.4 Å². The van der Waals surface area contributed by atoms with Crippen LogP contribution in [0, 0.1) is 0 Å². The molecule has 0 unspecified atom stereocenters. The Morgan fingerprint density at radius 1 is 1.09 bits per heavy atom. The molecule has 0 bridgehead atoms. The quantitative estimate of drug-likeness (QED) is 0.639. The van der Waals surface area contributed by atoms with E-state index < -0.39 is 0 Å². The molecule has 1 aromatic rings. The molecule has 130 valence electrons. The van der Waals surface area contributed by atoms with Crippen LogP contribution in [0.1, 0.15) is 26.7 Å². The summed E-state index contributed by atoms with van der Waals surface area (Å²) in [6.45, 7) is 7.24. The first-order valence-electron chi connectivity index (χ1n) is 8.16. The number of hydrogen-bond donors (Lipinski definition) is 2. The second-order valence-electron chi connectivity index (χ2n) is 5.54. The number of nitrogens with zero attached hydrogens (tertiary/aromatic N) is 1. The third-order valence-electron chi connectivity index (χ3n) is 2.97. The molecule has 0 spiro atoms. The zero-order valence-corrected chi connectivity index (χ0v) is 15.5. The van der Waals surface area contributed by atoms with Gasteiger partial charge in [-0.15, -0.1) is 0 Å². The summed E-state index contributed by atoms with van der Waals surface area (Å²) in [7, 11) is 4.06. The number of nitrogens with one attached hydrogen (secondary N) is 2. The summed E-state index contributed by atoms with van der Waals surface area (Å²) < 4.78 is 11.5. The van der Waals surface area contributed by atoms with Crippen LogP contribution in [-0.2, 0) is 0 Å². The Labute approximate surface area is 145 Å². The third kappa shape index (κ3) is 8.04. The Bertz CT molecular complexity index is 481. The van der Waals surface area contributed by atoms with Gasteiger partial charge in [0.05, 0.1) is 13.2 Å². The van der Waals surface area contributed by atoms with E-state index in [-0.39, 0.29) is 0 Å². The molecule has 0 aliphatic heterocycles. The van der Waals surface area contributed by atoms with Crippen LogP contribution in [-0.4, -0.2) is 50.4 Å². The zero-order valence-electron chi connectivity index (χ0n) is 14.6. The highest BCUT2D eigenvalue weighted by Gasteiger charge is 2.07. The zero-order chi connectivity index (χ0) is 17.1. The molecule has 0 radical (unpaired) electrons. The summed E-state index contributed by atoms with van der Waals surface area (Å²) in [5.74, 6) is 1.53. The van der Waals surface area contributed by atoms with Gasteiger partial charge in [-0.3, -0.25) is 0 Å². The molecule has 0 aliphatic carbocycles. The molecule has 23 heavy (non-hydrogen) atoms. The monoisotopic (exact) mass is 339 g/mol. The van der Waals surface area contributed by atoms with Gasteiger partial charge >= 0.3 is 0 Å². The largest absolute Gasteiger partial charge is 0.490 e. The van der Waals surface area contributed by atoms with E-state index in [9.17, 15) is 0 Å². The van der Waals surface area contributed by atoms with Crippen molar-refractivity contribution in [3.8, 4) is 11.5 Å². The highest BCUT2D eigenvalue weighted by molar-refractivity contribution is 7.80. The highest BCUT2D eigenvalue weighted by Crippen LogP contribution is 2.30. The lowest BCUT2D eigenvalue weighted by Crippen LogP contribution is -2.34. The summed E-state index contributed by atoms with van der Waals surface area (Å²) in [5.41, 5.74) is 0.891. The molecule has 0 saturated heterocycles. The fourth-order valence-electron chi connectivity index (χ4n) is 1.81. The second-order valence-corrected chi connectivity index (χ2v) is 5.95. The molecule has 0 heterocycles. The van der Waals surface area contributed by atoms with Crippen LogP contribution in [0.2, 0.25) is 0 Å². The number of anilines is 1. The Balaban J connectivity index is 2.65. The first-order valence-corrected chi connectivity index (χ1v) is 8.56. The first kappa shape index (κ1) is 19.5. The average molecular weight is 340 g/mol. The molecule has 6 heteroatoms. The van der Waals surface area contributed by atoms with Crippen molar-refractivity contribution in [2.75, 3.05) is 45.7 Å². The Morgan fingerprint density at radius 3 is 2.35 bits per heavy atom. The number of thiocarbonyl (C=S) groups is 1. The normalized spacial score (nSPS) is 10.5. The number of rotatable bonds is 10. The molecule has 0 aromatic heterocycles. The molecule has 0 aliphatic rings. The Morgan fingerprint density at radius 2 is 1.74 bits per heavy atom. The van der Waals surface area contributed by atoms with Gasteiger partial charge in [-0.2, -0.15) is 0 Å². The molecule has 0 atom stereocenters. The molecule has 5 nitrogen and oxygen atoms in total. The molecule has 1 aromatic carbocycles. The number of likely N-dealkylation sites (N-methyl/N-ethyl adjacent to an activating group) is 1. The van der Waals surface area contributed by atoms with E-state index in [0.29, 0.717) is 18.3 Å². The van der Waals surface area contributed by atoms with Gasteiger partial charge in [-0.25, -0.2) is 0 Å². The van der Waals surface area contributed by atoms with Crippen LogP contribution in [0.25, 0.3) is 0 Å². The van der Waals surface area contributed by atoms with Crippen molar-refractivity contribution in [3.63, 3.8) is 0 Å². The highest BCUT2D eigenvalue weighted by atomic mass is 32.1. The van der Waals surface area contributed by atoms with E-state index in [4.69, 9.17) is 21.7 Å². The van der Waals surface area contributed by atoms with Crippen molar-refractivity contribution in [2.24, 2.45) is 0 Å². The minimum absolute atomic E-state index is 0.607. The first-order chi connectivity index (χ1) is 11.1. The van der Waals surface area contributed by atoms with Crippen LogP contribution in [0.4, 0.5) is 5.69 Å². The van der Waals surface area contributed by atoms with Gasteiger partial charge in [0, 0.05) is 24.8 Å². The SMILES string of the molecule is CCCOc1ccc(NC(=S)NCCN(C)C)cc1OCCC. The van der Waals surface area contributed by atoms with Gasteiger partial charge in [0.2, 0.25) is 0 Å². The summed E-state index contributed by atoms with van der Waals surface area (Å²) in [6.07, 6.45) is 1.92. The fraction of sp³-hybridized carbons (Fsp3) is 0.588. The van der Waals surface area contributed by atoms with Crippen LogP contribution in [0.15, 0.2) is 18.2 Å². The van der Waals surface area contributed by atoms with E-state index in [1.807, 2.05) is 32.3 Å². The second kappa shape index (κ2) is 11.1. The topological polar surface area (TPSA) is 45.8 Å². The predicted octanol–water partition coefficient (Wildman–Crippen LogP) is 3.11. The Kier molecular flexibility index (Phi) is 9.40. The van der Waals surface area contributed by atoms with Gasteiger partial charge in [0.1, 0.15) is 0 Å². The van der Waals surface area contributed by atoms with Gasteiger partial charge in [0.25, 0.3) is 0 Å². The summed E-state index contributed by atoms with van der Waals surface area (Å²) in [6, 6.07) is 5.80. The number of benzene rings is 1. The molecule has 2 N–H and O–H groups in total. The number of ether oxygens (including phenoxy) is 2. The molecule has 0 saturated carbocycles. The smallest absolute Gasteiger partial charge is 0.170 e. The van der Waals surface area contributed by atoms with Crippen LogP contribution >= 0.6 is 12.2 Å².